The number of aliphatic imine (C=N–C) groups is 1. The van der Waals surface area contributed by atoms with Crippen molar-refractivity contribution in [2.24, 2.45) is 10.9 Å². The van der Waals surface area contributed by atoms with E-state index in [1.807, 2.05) is 6.21 Å². The van der Waals surface area contributed by atoms with E-state index >= 15 is 0 Å². The maximum absolute atomic E-state index is 5.04. The molecule has 1 rings (SSSR count). The summed E-state index contributed by atoms with van der Waals surface area (Å²) in [6.45, 7) is 2.99. The smallest absolute Gasteiger partial charge is 0.0431 e. The molecule has 0 saturated carbocycles. The fourth-order valence-electron chi connectivity index (χ4n) is 0.718. The molecule has 0 aliphatic carbocycles. The highest BCUT2D eigenvalue weighted by Crippen LogP contribution is 2.05. The van der Waals surface area contributed by atoms with Gasteiger partial charge < -0.3 is 0 Å². The van der Waals surface area contributed by atoms with E-state index in [0.29, 0.717) is 5.92 Å². The largest absolute Gasteiger partial charge is 0.297 e. The van der Waals surface area contributed by atoms with Crippen LogP contribution < -0.4 is 0 Å². The number of rotatable bonds is 0. The van der Waals surface area contributed by atoms with Crippen molar-refractivity contribution in [2.45, 2.75) is 13.3 Å². The van der Waals surface area contributed by atoms with Crippen LogP contribution in [0.5, 0.6) is 0 Å². The Hall–Kier alpha value is -0.240. The van der Waals surface area contributed by atoms with Gasteiger partial charge in [0.25, 0.3) is 0 Å². The molecule has 0 radical (unpaired) electrons. The Morgan fingerprint density at radius 2 is 2.62 bits per heavy atom. The van der Waals surface area contributed by atoms with Gasteiger partial charge >= 0.3 is 0 Å². The van der Waals surface area contributed by atoms with Gasteiger partial charge in [0.1, 0.15) is 0 Å². The molecular formula is C6H9NS. The minimum Gasteiger partial charge on any atom is -0.297 e. The topological polar surface area (TPSA) is 12.4 Å². The molecule has 2 heteroatoms. The minimum atomic E-state index is 0.443. The second-order valence-electron chi connectivity index (χ2n) is 2.06. The summed E-state index contributed by atoms with van der Waals surface area (Å²) < 4.78 is 0. The van der Waals surface area contributed by atoms with Crippen molar-refractivity contribution in [2.75, 3.05) is 6.54 Å². The molecule has 0 spiro atoms. The van der Waals surface area contributed by atoms with Crippen LogP contribution in [-0.2, 0) is 0 Å². The summed E-state index contributed by atoms with van der Waals surface area (Å²) in [5.74, 6) is 0.443. The first-order chi connectivity index (χ1) is 3.80. The van der Waals surface area contributed by atoms with Crippen LogP contribution in [0.2, 0.25) is 0 Å². The highest BCUT2D eigenvalue weighted by molar-refractivity contribution is 7.80. The normalized spacial score (nSPS) is 28.6. The number of hydrogen-bond donors (Lipinski definition) is 0. The van der Waals surface area contributed by atoms with Crippen LogP contribution in [0.1, 0.15) is 13.3 Å². The highest BCUT2D eigenvalue weighted by atomic mass is 32.1. The van der Waals surface area contributed by atoms with Crippen LogP contribution in [-0.4, -0.2) is 17.6 Å². The van der Waals surface area contributed by atoms with E-state index in [1.165, 1.54) is 0 Å². The van der Waals surface area contributed by atoms with Gasteiger partial charge in [-0.05, 0) is 6.42 Å². The Morgan fingerprint density at radius 3 is 3.00 bits per heavy atom. The predicted octanol–water partition coefficient (Wildman–Crippen LogP) is 1.47. The monoisotopic (exact) mass is 127 g/mol. The van der Waals surface area contributed by atoms with Crippen LogP contribution in [0.4, 0.5) is 0 Å². The van der Waals surface area contributed by atoms with Crippen molar-refractivity contribution in [1.29, 1.82) is 0 Å². The van der Waals surface area contributed by atoms with Gasteiger partial charge in [0.2, 0.25) is 0 Å². The Bertz CT molecular complexity index is 128. The molecule has 1 heterocycles. The lowest BCUT2D eigenvalue weighted by Gasteiger charge is -2.10. The van der Waals surface area contributed by atoms with Gasteiger partial charge in [-0.25, -0.2) is 0 Å². The van der Waals surface area contributed by atoms with E-state index in [2.05, 4.69) is 11.9 Å². The Morgan fingerprint density at radius 1 is 1.88 bits per heavy atom. The molecule has 1 nitrogen and oxygen atoms in total. The average Bonchev–Trinajstić information content (AvgIpc) is 1.77. The van der Waals surface area contributed by atoms with Crippen molar-refractivity contribution in [3.63, 3.8) is 0 Å². The lowest BCUT2D eigenvalue weighted by molar-refractivity contribution is 0.934. The molecule has 0 aromatic carbocycles. The standard InChI is InChI=1S/C6H9NS/c1-5-4-7-3-2-6(5)8/h4-5H,2-3H2,1H3. The summed E-state index contributed by atoms with van der Waals surface area (Å²) in [5.41, 5.74) is 0. The molecular weight excluding hydrogens is 118 g/mol. The third kappa shape index (κ3) is 1.13. The summed E-state index contributed by atoms with van der Waals surface area (Å²) in [4.78, 5) is 5.25. The number of hydrogen-bond acceptors (Lipinski definition) is 2. The maximum atomic E-state index is 5.04. The molecule has 44 valence electrons. The second-order valence-corrected chi connectivity index (χ2v) is 2.58. The van der Waals surface area contributed by atoms with Gasteiger partial charge in [-0.2, -0.15) is 0 Å². The first-order valence-corrected chi connectivity index (χ1v) is 3.24. The molecule has 1 atom stereocenters. The van der Waals surface area contributed by atoms with Gasteiger partial charge in [-0.1, -0.05) is 19.1 Å². The molecule has 0 N–H and O–H groups in total. The quantitative estimate of drug-likeness (QED) is 0.449. The third-order valence-corrected chi connectivity index (χ3v) is 1.90. The summed E-state index contributed by atoms with van der Waals surface area (Å²) in [7, 11) is 0. The van der Waals surface area contributed by atoms with Crippen molar-refractivity contribution >= 4 is 23.3 Å². The number of thiocarbonyl (C=S) groups is 1. The van der Waals surface area contributed by atoms with Crippen molar-refractivity contribution in [1.82, 2.24) is 0 Å². The van der Waals surface area contributed by atoms with Crippen molar-refractivity contribution in [3.8, 4) is 0 Å². The molecule has 8 heavy (non-hydrogen) atoms. The summed E-state index contributed by atoms with van der Waals surface area (Å²) in [6.07, 6.45) is 2.94. The van der Waals surface area contributed by atoms with E-state index in [-0.39, 0.29) is 0 Å². The number of nitrogens with zero attached hydrogens (tertiary/aromatic N) is 1. The third-order valence-electron chi connectivity index (χ3n) is 1.32. The Balaban J connectivity index is 2.60. The van der Waals surface area contributed by atoms with Gasteiger partial charge in [-0.3, -0.25) is 4.99 Å². The van der Waals surface area contributed by atoms with Crippen LogP contribution >= 0.6 is 12.2 Å². The van der Waals surface area contributed by atoms with E-state index in [1.54, 1.807) is 0 Å². The summed E-state index contributed by atoms with van der Waals surface area (Å²) in [5, 5.41) is 0. The average molecular weight is 127 g/mol. The van der Waals surface area contributed by atoms with Crippen LogP contribution in [0.3, 0.4) is 0 Å². The molecule has 0 aromatic rings. The van der Waals surface area contributed by atoms with Gasteiger partial charge in [0, 0.05) is 23.5 Å². The SMILES string of the molecule is CC1C=NCCC1=S. The minimum absolute atomic E-state index is 0.443. The van der Waals surface area contributed by atoms with E-state index in [0.717, 1.165) is 17.8 Å². The highest BCUT2D eigenvalue weighted by Gasteiger charge is 2.07. The van der Waals surface area contributed by atoms with Gasteiger partial charge in [0.15, 0.2) is 0 Å². The Labute approximate surface area is 54.8 Å². The van der Waals surface area contributed by atoms with Gasteiger partial charge in [0.05, 0.1) is 0 Å². The Kier molecular flexibility index (Phi) is 1.73. The lowest BCUT2D eigenvalue weighted by atomic mass is 10.1. The zero-order valence-corrected chi connectivity index (χ0v) is 5.74. The molecule has 0 bridgehead atoms. The molecule has 1 aliphatic heterocycles. The lowest BCUT2D eigenvalue weighted by Crippen LogP contribution is -2.15. The molecule has 1 aliphatic rings. The summed E-state index contributed by atoms with van der Waals surface area (Å²) in [6, 6.07) is 0. The maximum Gasteiger partial charge on any atom is 0.0431 e. The van der Waals surface area contributed by atoms with E-state index < -0.39 is 0 Å². The molecule has 1 unspecified atom stereocenters. The fraction of sp³-hybridized carbons (Fsp3) is 0.667. The fourth-order valence-corrected chi connectivity index (χ4v) is 0.870. The second kappa shape index (κ2) is 2.35. The van der Waals surface area contributed by atoms with Crippen LogP contribution in [0, 0.1) is 5.92 Å². The predicted molar refractivity (Wildman–Crippen MR) is 39.7 cm³/mol. The first kappa shape index (κ1) is 5.89. The molecule has 0 fully saturated rings. The molecule has 0 aromatic heterocycles. The molecule has 0 amide bonds. The molecule has 0 saturated heterocycles. The zero-order chi connectivity index (χ0) is 5.98. The summed E-state index contributed by atoms with van der Waals surface area (Å²) >= 11 is 5.04. The zero-order valence-electron chi connectivity index (χ0n) is 4.92. The van der Waals surface area contributed by atoms with Crippen LogP contribution in [0.25, 0.3) is 0 Å². The van der Waals surface area contributed by atoms with E-state index in [4.69, 9.17) is 12.2 Å². The van der Waals surface area contributed by atoms with Crippen molar-refractivity contribution in [3.05, 3.63) is 0 Å². The van der Waals surface area contributed by atoms with Crippen LogP contribution in [0.15, 0.2) is 4.99 Å². The first-order valence-electron chi connectivity index (χ1n) is 2.83. The van der Waals surface area contributed by atoms with E-state index in [9.17, 15) is 0 Å². The van der Waals surface area contributed by atoms with Crippen molar-refractivity contribution < 1.29 is 0 Å². The van der Waals surface area contributed by atoms with Gasteiger partial charge in [-0.15, -0.1) is 0 Å².